The quantitative estimate of drug-likeness (QED) is 0.597. The van der Waals surface area contributed by atoms with E-state index in [1.54, 1.807) is 0 Å². The maximum atomic E-state index is 10.5. The van der Waals surface area contributed by atoms with Crippen molar-refractivity contribution in [1.29, 1.82) is 0 Å². The lowest BCUT2D eigenvalue weighted by atomic mass is 10.6. The van der Waals surface area contributed by atoms with Gasteiger partial charge in [-0.3, -0.25) is 4.79 Å². The highest BCUT2D eigenvalue weighted by Crippen LogP contribution is 2.00. The Balaban J connectivity index is 3.34. The third-order valence-electron chi connectivity index (χ3n) is 0.749. The minimum Gasteiger partial charge on any atom is -0.409 e. The molecule has 0 aliphatic heterocycles. The maximum Gasteiger partial charge on any atom is 0.304 e. The molecule has 0 spiro atoms. The molecule has 0 aliphatic rings. The summed E-state index contributed by atoms with van der Waals surface area (Å²) in [7, 11) is 0. The molecule has 0 bridgehead atoms. The molecule has 0 saturated heterocycles. The molecule has 0 radical (unpaired) electrons. The van der Waals surface area contributed by atoms with Gasteiger partial charge in [-0.15, -0.1) is 5.10 Å². The van der Waals surface area contributed by atoms with Gasteiger partial charge in [0.05, 0.1) is 6.20 Å². The zero-order chi connectivity index (χ0) is 6.85. The number of nitrogens with zero attached hydrogens (tertiary/aromatic N) is 2. The Morgan fingerprint density at radius 1 is 1.78 bits per heavy atom. The smallest absolute Gasteiger partial charge is 0.304 e. The summed E-state index contributed by atoms with van der Waals surface area (Å²) in [6, 6.07) is 1.22. The Bertz CT molecular complexity index is 270. The minimum absolute atomic E-state index is 0.269. The first kappa shape index (κ1) is 6.28. The number of aromatic nitrogens is 2. The molecule has 1 N–H and O–H groups in total. The Morgan fingerprint density at radius 2 is 2.44 bits per heavy atom. The van der Waals surface area contributed by atoms with Gasteiger partial charge in [0.2, 0.25) is 0 Å². The normalized spacial score (nSPS) is 9.44. The molecule has 0 atom stereocenters. The summed E-state index contributed by atoms with van der Waals surface area (Å²) < 4.78 is 0.554. The van der Waals surface area contributed by atoms with Crippen molar-refractivity contribution in [1.82, 2.24) is 9.94 Å². The first-order chi connectivity index (χ1) is 4.20. The average Bonchev–Trinajstić information content (AvgIpc) is 1.80. The zero-order valence-electron chi connectivity index (χ0n) is 4.28. The van der Waals surface area contributed by atoms with Crippen molar-refractivity contribution < 1.29 is 5.21 Å². The predicted octanol–water partition coefficient (Wildman–Crippen LogP) is 0.243. The zero-order valence-corrected chi connectivity index (χ0v) is 5.87. The van der Waals surface area contributed by atoms with Gasteiger partial charge in [-0.2, -0.15) is 0 Å². The van der Waals surface area contributed by atoms with E-state index in [0.29, 0.717) is 4.47 Å². The average molecular weight is 191 g/mol. The van der Waals surface area contributed by atoms with Crippen LogP contribution in [0.1, 0.15) is 0 Å². The number of rotatable bonds is 0. The summed E-state index contributed by atoms with van der Waals surface area (Å²) in [6.07, 6.45) is 1.32. The summed E-state index contributed by atoms with van der Waals surface area (Å²) in [5.74, 6) is 0. The van der Waals surface area contributed by atoms with Gasteiger partial charge in [-0.1, -0.05) is 4.85 Å². The summed E-state index contributed by atoms with van der Waals surface area (Å²) in [5, 5.41) is 11.8. The van der Waals surface area contributed by atoms with E-state index in [-0.39, 0.29) is 4.85 Å². The number of hydrogen-bond acceptors (Lipinski definition) is 3. The van der Waals surface area contributed by atoms with Crippen LogP contribution < -0.4 is 5.56 Å². The Kier molecular flexibility index (Phi) is 1.52. The minimum atomic E-state index is -0.552. The topological polar surface area (TPSA) is 55.1 Å². The van der Waals surface area contributed by atoms with Crippen LogP contribution in [0.25, 0.3) is 0 Å². The van der Waals surface area contributed by atoms with Crippen LogP contribution in [0.4, 0.5) is 0 Å². The number of halogens is 1. The first-order valence-corrected chi connectivity index (χ1v) is 2.93. The van der Waals surface area contributed by atoms with Crippen molar-refractivity contribution in [2.75, 3.05) is 0 Å². The van der Waals surface area contributed by atoms with Crippen LogP contribution in [0.5, 0.6) is 0 Å². The van der Waals surface area contributed by atoms with Crippen LogP contribution >= 0.6 is 15.9 Å². The van der Waals surface area contributed by atoms with Crippen LogP contribution in [0.2, 0.25) is 0 Å². The van der Waals surface area contributed by atoms with E-state index in [2.05, 4.69) is 21.0 Å². The Hall–Kier alpha value is -0.840. The molecule has 48 valence electrons. The van der Waals surface area contributed by atoms with E-state index >= 15 is 0 Å². The van der Waals surface area contributed by atoms with E-state index in [9.17, 15) is 4.79 Å². The summed E-state index contributed by atoms with van der Waals surface area (Å²) >= 11 is 3.01. The Labute approximate surface area is 58.8 Å². The summed E-state index contributed by atoms with van der Waals surface area (Å²) in [5.41, 5.74) is -0.552. The van der Waals surface area contributed by atoms with Crippen LogP contribution in [0.15, 0.2) is 21.5 Å². The molecule has 1 aromatic heterocycles. The Morgan fingerprint density at radius 3 is 2.89 bits per heavy atom. The van der Waals surface area contributed by atoms with Gasteiger partial charge in [0.1, 0.15) is 0 Å². The van der Waals surface area contributed by atoms with Gasteiger partial charge in [0, 0.05) is 10.5 Å². The highest BCUT2D eigenvalue weighted by atomic mass is 79.9. The molecular formula is C4H3BrN2O2. The third kappa shape index (κ3) is 1.29. The molecule has 4 nitrogen and oxygen atoms in total. The SMILES string of the molecule is O=c1cc(Br)cnn1O. The third-order valence-corrected chi connectivity index (χ3v) is 1.18. The van der Waals surface area contributed by atoms with Crippen molar-refractivity contribution >= 4 is 15.9 Å². The lowest BCUT2D eigenvalue weighted by Gasteiger charge is -1.89. The highest BCUT2D eigenvalue weighted by molar-refractivity contribution is 9.10. The lowest BCUT2D eigenvalue weighted by Crippen LogP contribution is -2.18. The van der Waals surface area contributed by atoms with Crippen molar-refractivity contribution in [3.63, 3.8) is 0 Å². The monoisotopic (exact) mass is 190 g/mol. The van der Waals surface area contributed by atoms with E-state index in [1.165, 1.54) is 12.3 Å². The van der Waals surface area contributed by atoms with Crippen LogP contribution in [0, 0.1) is 0 Å². The van der Waals surface area contributed by atoms with Crippen LogP contribution in [0.3, 0.4) is 0 Å². The van der Waals surface area contributed by atoms with Gasteiger partial charge in [-0.25, -0.2) is 0 Å². The van der Waals surface area contributed by atoms with Gasteiger partial charge in [0.25, 0.3) is 0 Å². The molecule has 0 amide bonds. The molecule has 0 aromatic carbocycles. The predicted molar refractivity (Wildman–Crippen MR) is 33.4 cm³/mol. The van der Waals surface area contributed by atoms with Gasteiger partial charge >= 0.3 is 5.56 Å². The second-order valence-corrected chi connectivity index (χ2v) is 2.32. The van der Waals surface area contributed by atoms with E-state index in [1.807, 2.05) is 0 Å². The fourth-order valence-corrected chi connectivity index (χ4v) is 0.667. The first-order valence-electron chi connectivity index (χ1n) is 2.14. The highest BCUT2D eigenvalue weighted by Gasteiger charge is 1.91. The van der Waals surface area contributed by atoms with Crippen molar-refractivity contribution in [2.45, 2.75) is 0 Å². The molecule has 1 aromatic rings. The van der Waals surface area contributed by atoms with E-state index < -0.39 is 5.56 Å². The summed E-state index contributed by atoms with van der Waals surface area (Å²) in [4.78, 5) is 10.7. The van der Waals surface area contributed by atoms with Gasteiger partial charge < -0.3 is 5.21 Å². The van der Waals surface area contributed by atoms with Gasteiger partial charge in [0.15, 0.2) is 0 Å². The van der Waals surface area contributed by atoms with Gasteiger partial charge in [-0.05, 0) is 15.9 Å². The molecule has 0 aliphatic carbocycles. The maximum absolute atomic E-state index is 10.5. The van der Waals surface area contributed by atoms with Crippen molar-refractivity contribution in [3.05, 3.63) is 27.1 Å². The molecule has 0 saturated carbocycles. The second kappa shape index (κ2) is 2.18. The second-order valence-electron chi connectivity index (χ2n) is 1.40. The number of hydrogen-bond donors (Lipinski definition) is 1. The largest absolute Gasteiger partial charge is 0.409 e. The fourth-order valence-electron chi connectivity index (χ4n) is 0.380. The summed E-state index contributed by atoms with van der Waals surface area (Å²) in [6.45, 7) is 0. The van der Waals surface area contributed by atoms with Crippen molar-refractivity contribution in [3.8, 4) is 0 Å². The molecule has 0 unspecified atom stereocenters. The molecular weight excluding hydrogens is 188 g/mol. The molecule has 1 heterocycles. The van der Waals surface area contributed by atoms with Crippen LogP contribution in [-0.2, 0) is 0 Å². The van der Waals surface area contributed by atoms with Crippen LogP contribution in [-0.4, -0.2) is 15.2 Å². The van der Waals surface area contributed by atoms with Crippen molar-refractivity contribution in [2.24, 2.45) is 0 Å². The fraction of sp³-hybridized carbons (Fsp3) is 0. The molecule has 0 fully saturated rings. The standard InChI is InChI=1S/C4H3BrN2O2/c5-3-1-4(8)7(9)6-2-3/h1-2,9H. The van der Waals surface area contributed by atoms with E-state index in [0.717, 1.165) is 0 Å². The molecule has 5 heteroatoms. The van der Waals surface area contributed by atoms with E-state index in [4.69, 9.17) is 5.21 Å². The molecule has 1 rings (SSSR count). The molecule has 9 heavy (non-hydrogen) atoms. The lowest BCUT2D eigenvalue weighted by molar-refractivity contribution is 0.134.